The van der Waals surface area contributed by atoms with E-state index in [2.05, 4.69) is 29.7 Å². The van der Waals surface area contributed by atoms with Crippen molar-refractivity contribution in [2.24, 2.45) is 0 Å². The molecule has 0 aliphatic carbocycles. The molecule has 0 radical (unpaired) electrons. The van der Waals surface area contributed by atoms with Crippen molar-refractivity contribution in [2.45, 2.75) is 6.92 Å². The number of aromatic nitrogens is 1. The zero-order valence-corrected chi connectivity index (χ0v) is 17.3. The Bertz CT molecular complexity index is 1190. The maximum absolute atomic E-state index is 5.51. The summed E-state index contributed by atoms with van der Waals surface area (Å²) in [6, 6.07) is 12.4. The lowest BCUT2D eigenvalue weighted by Crippen LogP contribution is -3.00. The van der Waals surface area contributed by atoms with Crippen LogP contribution in [0.15, 0.2) is 42.6 Å². The van der Waals surface area contributed by atoms with Crippen molar-refractivity contribution in [1.82, 2.24) is 0 Å². The van der Waals surface area contributed by atoms with E-state index in [9.17, 15) is 0 Å². The van der Waals surface area contributed by atoms with Crippen LogP contribution < -0.4 is 35.8 Å². The molecule has 0 fully saturated rings. The minimum Gasteiger partial charge on any atom is -1.00 e. The normalized spacial score (nSPS) is 10.8. The average molecular weight is 400 g/mol. The Morgan fingerprint density at radius 3 is 1.68 bits per heavy atom. The maximum atomic E-state index is 5.51. The van der Waals surface area contributed by atoms with Gasteiger partial charge in [0.2, 0.25) is 5.52 Å². The second-order valence-electron chi connectivity index (χ2n) is 6.44. The van der Waals surface area contributed by atoms with Crippen LogP contribution >= 0.6 is 0 Å². The van der Waals surface area contributed by atoms with E-state index in [1.165, 1.54) is 0 Å². The number of hydrogen-bond donors (Lipinski definition) is 0. The Labute approximate surface area is 169 Å². The molecule has 2 heterocycles. The smallest absolute Gasteiger partial charge is 0.219 e. The molecule has 0 unspecified atom stereocenters. The van der Waals surface area contributed by atoms with E-state index in [1.54, 1.807) is 28.4 Å². The van der Waals surface area contributed by atoms with E-state index in [-0.39, 0.29) is 12.4 Å². The average Bonchev–Trinajstić information content (AvgIpc) is 2.70. The highest BCUT2D eigenvalue weighted by molar-refractivity contribution is 5.99. The molecular formula is C22H22ClNO4. The van der Waals surface area contributed by atoms with Crippen molar-refractivity contribution in [3.63, 3.8) is 0 Å². The van der Waals surface area contributed by atoms with E-state index >= 15 is 0 Å². The van der Waals surface area contributed by atoms with Crippen LogP contribution in [0.3, 0.4) is 0 Å². The predicted octanol–water partition coefficient (Wildman–Crippen LogP) is 1.08. The lowest BCUT2D eigenvalue weighted by Gasteiger charge is -2.11. The van der Waals surface area contributed by atoms with Crippen molar-refractivity contribution in [3.05, 3.63) is 48.3 Å². The largest absolute Gasteiger partial charge is 1.00 e. The van der Waals surface area contributed by atoms with E-state index in [0.717, 1.165) is 44.3 Å². The number of benzene rings is 2. The molecule has 4 aromatic rings. The third-order valence-electron chi connectivity index (χ3n) is 4.99. The van der Waals surface area contributed by atoms with Gasteiger partial charge in [-0.25, -0.2) is 0 Å². The van der Waals surface area contributed by atoms with Gasteiger partial charge in [-0.3, -0.25) is 0 Å². The van der Waals surface area contributed by atoms with Crippen molar-refractivity contribution < 1.29 is 35.8 Å². The maximum Gasteiger partial charge on any atom is 0.219 e. The van der Waals surface area contributed by atoms with Crippen LogP contribution in [0.5, 0.6) is 23.0 Å². The van der Waals surface area contributed by atoms with Crippen LogP contribution in [0.4, 0.5) is 0 Å². The fourth-order valence-electron chi connectivity index (χ4n) is 3.60. The van der Waals surface area contributed by atoms with Gasteiger partial charge in [0.15, 0.2) is 34.9 Å². The minimum atomic E-state index is 0. The van der Waals surface area contributed by atoms with E-state index < -0.39 is 0 Å². The highest BCUT2D eigenvalue weighted by Gasteiger charge is 2.18. The molecule has 0 saturated carbocycles. The Hall–Kier alpha value is -2.92. The van der Waals surface area contributed by atoms with Gasteiger partial charge in [0.05, 0.1) is 39.2 Å². The fourth-order valence-corrected chi connectivity index (χ4v) is 3.60. The lowest BCUT2D eigenvalue weighted by atomic mass is 10.0. The zero-order chi connectivity index (χ0) is 19.1. The van der Waals surface area contributed by atoms with Gasteiger partial charge in [-0.15, -0.1) is 0 Å². The third kappa shape index (κ3) is 3.02. The number of nitrogens with zero attached hydrogens (tertiary/aromatic N) is 1. The van der Waals surface area contributed by atoms with Crippen molar-refractivity contribution in [3.8, 4) is 23.0 Å². The highest BCUT2D eigenvalue weighted by Crippen LogP contribution is 2.36. The Balaban J connectivity index is 0.00000225. The number of rotatable bonds is 4. The summed E-state index contributed by atoms with van der Waals surface area (Å²) in [5, 5.41) is 4.35. The summed E-state index contributed by atoms with van der Waals surface area (Å²) in [5.41, 5.74) is 2.21. The first-order valence-electron chi connectivity index (χ1n) is 8.66. The second-order valence-corrected chi connectivity index (χ2v) is 6.44. The predicted molar refractivity (Wildman–Crippen MR) is 106 cm³/mol. The first-order valence-corrected chi connectivity index (χ1v) is 8.66. The Morgan fingerprint density at radius 1 is 0.607 bits per heavy atom. The van der Waals surface area contributed by atoms with Gasteiger partial charge in [0.25, 0.3) is 0 Å². The van der Waals surface area contributed by atoms with Crippen LogP contribution in [-0.4, -0.2) is 28.4 Å². The summed E-state index contributed by atoms with van der Waals surface area (Å²) in [6.45, 7) is 2.09. The molecule has 28 heavy (non-hydrogen) atoms. The molecule has 0 aliphatic heterocycles. The standard InChI is InChI=1S/C22H22NO4.ClH/c1-13-6-15-9-20(25-3)22(27-5)11-17(15)18-7-14-8-19(24-2)21(26-4)10-16(14)12-23(13)18;/h6-12H,1-5H3;1H/q+1;/p-1. The number of ether oxygens (including phenoxy) is 4. The lowest BCUT2D eigenvalue weighted by molar-refractivity contribution is -0.516. The van der Waals surface area contributed by atoms with Gasteiger partial charge in [-0.1, -0.05) is 0 Å². The molecule has 0 aliphatic rings. The number of methoxy groups -OCH3 is 4. The van der Waals surface area contributed by atoms with Gasteiger partial charge in [0.1, 0.15) is 0 Å². The number of halogens is 1. The minimum absolute atomic E-state index is 0. The molecule has 4 rings (SSSR count). The van der Waals surface area contributed by atoms with E-state index in [1.807, 2.05) is 24.3 Å². The summed E-state index contributed by atoms with van der Waals surface area (Å²) in [4.78, 5) is 0. The molecule has 5 nitrogen and oxygen atoms in total. The molecule has 0 bridgehead atoms. The van der Waals surface area contributed by atoms with Crippen molar-refractivity contribution in [2.75, 3.05) is 28.4 Å². The number of pyridine rings is 2. The second kappa shape index (κ2) is 7.60. The molecule has 0 atom stereocenters. The number of fused-ring (bicyclic) bond motifs is 4. The van der Waals surface area contributed by atoms with Gasteiger partial charge < -0.3 is 31.4 Å². The van der Waals surface area contributed by atoms with Crippen molar-refractivity contribution >= 4 is 27.1 Å². The number of hydrogen-bond acceptors (Lipinski definition) is 4. The summed E-state index contributed by atoms with van der Waals surface area (Å²) >= 11 is 0. The first kappa shape index (κ1) is 19.8. The third-order valence-corrected chi connectivity index (χ3v) is 4.99. The van der Waals surface area contributed by atoms with E-state index in [4.69, 9.17) is 18.9 Å². The van der Waals surface area contributed by atoms with Crippen LogP contribution in [0.2, 0.25) is 0 Å². The summed E-state index contributed by atoms with van der Waals surface area (Å²) in [7, 11) is 6.60. The summed E-state index contributed by atoms with van der Waals surface area (Å²) in [5.74, 6) is 2.87. The van der Waals surface area contributed by atoms with Crippen LogP contribution in [0.1, 0.15) is 5.69 Å². The molecule has 2 aromatic heterocycles. The monoisotopic (exact) mass is 399 g/mol. The number of aryl methyl sites for hydroxylation is 1. The molecule has 0 N–H and O–H groups in total. The molecule has 0 amide bonds. The molecule has 2 aromatic carbocycles. The molecular weight excluding hydrogens is 378 g/mol. The van der Waals surface area contributed by atoms with Gasteiger partial charge in [-0.2, -0.15) is 4.40 Å². The quantitative estimate of drug-likeness (QED) is 0.292. The van der Waals surface area contributed by atoms with Gasteiger partial charge in [-0.05, 0) is 35.0 Å². The van der Waals surface area contributed by atoms with E-state index in [0.29, 0.717) is 11.5 Å². The Morgan fingerprint density at radius 2 is 1.11 bits per heavy atom. The van der Waals surface area contributed by atoms with Crippen LogP contribution in [-0.2, 0) is 0 Å². The fraction of sp³-hybridized carbons (Fsp3) is 0.227. The van der Waals surface area contributed by atoms with Gasteiger partial charge in [0, 0.05) is 19.1 Å². The topological polar surface area (TPSA) is 41.0 Å². The first-order chi connectivity index (χ1) is 13.1. The molecule has 146 valence electrons. The van der Waals surface area contributed by atoms with Crippen molar-refractivity contribution in [1.29, 1.82) is 0 Å². The molecule has 0 saturated heterocycles. The Kier molecular flexibility index (Phi) is 5.38. The highest BCUT2D eigenvalue weighted by atomic mass is 35.5. The molecule has 6 heteroatoms. The van der Waals surface area contributed by atoms with Crippen LogP contribution in [0, 0.1) is 6.92 Å². The van der Waals surface area contributed by atoms with Gasteiger partial charge >= 0.3 is 0 Å². The SMILES string of the molecule is COc1cc2cc3c4cc(OC)c(OC)cc4cc(C)[n+]3cc2cc1OC.[Cl-]. The zero-order valence-electron chi connectivity index (χ0n) is 16.5. The summed E-state index contributed by atoms with van der Waals surface area (Å²) < 4.78 is 24.1. The summed E-state index contributed by atoms with van der Waals surface area (Å²) in [6.07, 6.45) is 2.12. The molecule has 0 spiro atoms. The van der Waals surface area contributed by atoms with Crippen LogP contribution in [0.25, 0.3) is 27.1 Å².